The highest BCUT2D eigenvalue weighted by atomic mass is 16.2. The van der Waals surface area contributed by atoms with Crippen LogP contribution in [0.4, 0.5) is 10.5 Å². The van der Waals surface area contributed by atoms with E-state index in [-0.39, 0.29) is 11.6 Å². The van der Waals surface area contributed by atoms with Crippen molar-refractivity contribution in [1.82, 2.24) is 10.2 Å². The summed E-state index contributed by atoms with van der Waals surface area (Å²) in [5.41, 5.74) is 1.06. The molecule has 0 bridgehead atoms. The summed E-state index contributed by atoms with van der Waals surface area (Å²) in [6.07, 6.45) is 1.02. The Morgan fingerprint density at radius 1 is 1.23 bits per heavy atom. The highest BCUT2D eigenvalue weighted by Crippen LogP contribution is 2.25. The van der Waals surface area contributed by atoms with Crippen molar-refractivity contribution in [2.75, 3.05) is 31.1 Å². The fraction of sp³-hybridized carbons (Fsp3) is 0.611. The van der Waals surface area contributed by atoms with Gasteiger partial charge in [0.15, 0.2) is 0 Å². The van der Waals surface area contributed by atoms with E-state index in [0.29, 0.717) is 5.92 Å². The Labute approximate surface area is 134 Å². The van der Waals surface area contributed by atoms with Crippen molar-refractivity contribution < 1.29 is 4.79 Å². The van der Waals surface area contributed by atoms with Gasteiger partial charge in [0.1, 0.15) is 0 Å². The zero-order valence-electron chi connectivity index (χ0n) is 14.3. The normalized spacial score (nSPS) is 17.7. The maximum absolute atomic E-state index is 12.4. The monoisotopic (exact) mass is 303 g/mol. The molecular formula is C18H29N3O. The zero-order chi connectivity index (χ0) is 16.2. The van der Waals surface area contributed by atoms with E-state index >= 15 is 0 Å². The van der Waals surface area contributed by atoms with E-state index in [2.05, 4.69) is 62.2 Å². The lowest BCUT2D eigenvalue weighted by Gasteiger charge is -2.47. The maximum atomic E-state index is 12.4. The van der Waals surface area contributed by atoms with E-state index in [4.69, 9.17) is 0 Å². The number of anilines is 1. The topological polar surface area (TPSA) is 35.6 Å². The van der Waals surface area contributed by atoms with Gasteiger partial charge in [0.2, 0.25) is 0 Å². The molecule has 2 rings (SSSR count). The number of piperazine rings is 1. The van der Waals surface area contributed by atoms with E-state index in [1.165, 1.54) is 5.69 Å². The molecule has 0 spiro atoms. The second kappa shape index (κ2) is 7.03. The molecule has 1 aliphatic rings. The van der Waals surface area contributed by atoms with E-state index in [0.717, 1.165) is 32.6 Å². The molecule has 1 aromatic rings. The molecule has 122 valence electrons. The Balaban J connectivity index is 1.95. The van der Waals surface area contributed by atoms with Gasteiger partial charge in [-0.05, 0) is 38.3 Å². The number of nitrogens with zero attached hydrogens (tertiary/aromatic N) is 2. The number of para-hydroxylation sites is 1. The Kier molecular flexibility index (Phi) is 5.33. The van der Waals surface area contributed by atoms with Gasteiger partial charge in [-0.15, -0.1) is 0 Å². The molecule has 1 fully saturated rings. The lowest BCUT2D eigenvalue weighted by atomic mass is 9.98. The average Bonchev–Trinajstić information content (AvgIpc) is 2.46. The van der Waals surface area contributed by atoms with Crippen molar-refractivity contribution >= 4 is 11.7 Å². The van der Waals surface area contributed by atoms with Crippen molar-refractivity contribution in [3.05, 3.63) is 30.3 Å². The quantitative estimate of drug-likeness (QED) is 0.926. The molecule has 2 amide bonds. The maximum Gasteiger partial charge on any atom is 0.317 e. The number of amides is 2. The van der Waals surface area contributed by atoms with Crippen molar-refractivity contribution in [2.45, 2.75) is 39.7 Å². The molecule has 0 saturated carbocycles. The summed E-state index contributed by atoms with van der Waals surface area (Å²) in [6.45, 7) is 11.9. The second-order valence-corrected chi connectivity index (χ2v) is 7.14. The van der Waals surface area contributed by atoms with Crippen molar-refractivity contribution in [2.24, 2.45) is 5.92 Å². The number of nitrogens with one attached hydrogen (secondary N) is 1. The van der Waals surface area contributed by atoms with Gasteiger partial charge in [0.25, 0.3) is 0 Å². The van der Waals surface area contributed by atoms with Gasteiger partial charge in [0, 0.05) is 31.9 Å². The summed E-state index contributed by atoms with van der Waals surface area (Å²) in [4.78, 5) is 16.8. The molecule has 1 aliphatic heterocycles. The van der Waals surface area contributed by atoms with Crippen molar-refractivity contribution in [3.8, 4) is 0 Å². The number of rotatable bonds is 4. The van der Waals surface area contributed by atoms with Gasteiger partial charge in [-0.2, -0.15) is 0 Å². The van der Waals surface area contributed by atoms with Crippen LogP contribution in [0, 0.1) is 5.92 Å². The van der Waals surface area contributed by atoms with E-state index in [1.807, 2.05) is 11.0 Å². The molecule has 0 unspecified atom stereocenters. The first-order valence-corrected chi connectivity index (χ1v) is 8.25. The minimum Gasteiger partial charge on any atom is -0.367 e. The SMILES string of the molecule is CC(C)CCNC(=O)N1CCN(c2ccccc2)CC1(C)C. The first kappa shape index (κ1) is 16.7. The molecular weight excluding hydrogens is 274 g/mol. The Hall–Kier alpha value is -1.71. The number of benzene rings is 1. The minimum absolute atomic E-state index is 0.0679. The molecule has 22 heavy (non-hydrogen) atoms. The first-order chi connectivity index (χ1) is 10.4. The van der Waals surface area contributed by atoms with Crippen LogP contribution in [0.1, 0.15) is 34.1 Å². The summed E-state index contributed by atoms with van der Waals surface area (Å²) < 4.78 is 0. The molecule has 0 atom stereocenters. The van der Waals surface area contributed by atoms with Crippen molar-refractivity contribution in [3.63, 3.8) is 0 Å². The fourth-order valence-corrected chi connectivity index (χ4v) is 2.95. The fourth-order valence-electron chi connectivity index (χ4n) is 2.95. The minimum atomic E-state index is -0.171. The predicted octanol–water partition coefficient (Wildman–Crippen LogP) is 3.34. The summed E-state index contributed by atoms with van der Waals surface area (Å²) >= 11 is 0. The zero-order valence-corrected chi connectivity index (χ0v) is 14.3. The van der Waals surface area contributed by atoms with E-state index in [9.17, 15) is 4.79 Å². The number of hydrogen-bond acceptors (Lipinski definition) is 2. The summed E-state index contributed by atoms with van der Waals surface area (Å²) in [6, 6.07) is 10.5. The van der Waals surface area contributed by atoms with Crippen LogP contribution >= 0.6 is 0 Å². The van der Waals surface area contributed by atoms with Crippen LogP contribution in [0.5, 0.6) is 0 Å². The smallest absolute Gasteiger partial charge is 0.317 e. The average molecular weight is 303 g/mol. The number of hydrogen-bond donors (Lipinski definition) is 1. The van der Waals surface area contributed by atoms with Crippen LogP contribution < -0.4 is 10.2 Å². The summed E-state index contributed by atoms with van der Waals surface area (Å²) in [7, 11) is 0. The highest BCUT2D eigenvalue weighted by molar-refractivity contribution is 5.75. The van der Waals surface area contributed by atoms with Crippen LogP contribution in [-0.4, -0.2) is 42.6 Å². The van der Waals surface area contributed by atoms with Gasteiger partial charge >= 0.3 is 6.03 Å². The highest BCUT2D eigenvalue weighted by Gasteiger charge is 2.36. The Morgan fingerprint density at radius 2 is 1.91 bits per heavy atom. The molecule has 1 heterocycles. The molecule has 1 N–H and O–H groups in total. The van der Waals surface area contributed by atoms with Gasteiger partial charge in [0.05, 0.1) is 5.54 Å². The Morgan fingerprint density at radius 3 is 2.50 bits per heavy atom. The van der Waals surface area contributed by atoms with E-state index < -0.39 is 0 Å². The van der Waals surface area contributed by atoms with Gasteiger partial charge < -0.3 is 15.1 Å². The standard InChI is InChI=1S/C18H29N3O/c1-15(2)10-11-19-17(22)21-13-12-20(14-18(21,3)4)16-8-6-5-7-9-16/h5-9,15H,10-14H2,1-4H3,(H,19,22). The van der Waals surface area contributed by atoms with Gasteiger partial charge in [-0.1, -0.05) is 32.0 Å². The van der Waals surface area contributed by atoms with Gasteiger partial charge in [-0.3, -0.25) is 0 Å². The summed E-state index contributed by atoms with van der Waals surface area (Å²) in [5, 5.41) is 3.06. The molecule has 0 aliphatic carbocycles. The van der Waals surface area contributed by atoms with Crippen LogP contribution in [0.25, 0.3) is 0 Å². The van der Waals surface area contributed by atoms with Crippen LogP contribution in [0.15, 0.2) is 30.3 Å². The number of carbonyl (C=O) groups excluding carboxylic acids is 1. The molecule has 0 aromatic heterocycles. The predicted molar refractivity (Wildman–Crippen MR) is 92.3 cm³/mol. The lowest BCUT2D eigenvalue weighted by molar-refractivity contribution is 0.123. The first-order valence-electron chi connectivity index (χ1n) is 8.25. The lowest BCUT2D eigenvalue weighted by Crippen LogP contribution is -2.63. The molecule has 4 heteroatoms. The molecule has 4 nitrogen and oxygen atoms in total. The summed E-state index contributed by atoms with van der Waals surface area (Å²) in [5.74, 6) is 0.614. The third-order valence-corrected chi connectivity index (χ3v) is 4.27. The number of carbonyl (C=O) groups is 1. The second-order valence-electron chi connectivity index (χ2n) is 7.14. The van der Waals surface area contributed by atoms with Gasteiger partial charge in [-0.25, -0.2) is 4.79 Å². The van der Waals surface area contributed by atoms with Crippen LogP contribution in [0.3, 0.4) is 0 Å². The third-order valence-electron chi connectivity index (χ3n) is 4.27. The van der Waals surface area contributed by atoms with Crippen LogP contribution in [-0.2, 0) is 0 Å². The van der Waals surface area contributed by atoms with E-state index in [1.54, 1.807) is 0 Å². The molecule has 0 radical (unpaired) electrons. The van der Waals surface area contributed by atoms with Crippen LogP contribution in [0.2, 0.25) is 0 Å². The molecule has 1 saturated heterocycles. The largest absolute Gasteiger partial charge is 0.367 e. The molecule has 1 aromatic carbocycles. The number of urea groups is 1. The van der Waals surface area contributed by atoms with Crippen molar-refractivity contribution in [1.29, 1.82) is 0 Å². The third kappa shape index (κ3) is 4.15. The Bertz CT molecular complexity index is 484.